The molecule has 2 atom stereocenters. The van der Waals surface area contributed by atoms with E-state index in [4.69, 9.17) is 11.1 Å². The first-order chi connectivity index (χ1) is 12.6. The zero-order chi connectivity index (χ0) is 18.5. The van der Waals surface area contributed by atoms with E-state index in [-0.39, 0.29) is 12.2 Å². The third kappa shape index (κ3) is 4.84. The van der Waals surface area contributed by atoms with Crippen molar-refractivity contribution in [3.8, 4) is 0 Å². The minimum Gasteiger partial charge on any atom is -0.391 e. The maximum absolute atomic E-state index is 7.66. The fourth-order valence-corrected chi connectivity index (χ4v) is 3.46. The topological polar surface area (TPSA) is 89.2 Å². The molecule has 0 radical (unpaired) electrons. The van der Waals surface area contributed by atoms with Gasteiger partial charge >= 0.3 is 0 Å². The molecular formula is C20H32N6. The molecule has 0 aromatic heterocycles. The van der Waals surface area contributed by atoms with Crippen LogP contribution >= 0.6 is 0 Å². The number of hydrogen-bond donors (Lipinski definition) is 5. The lowest BCUT2D eigenvalue weighted by atomic mass is 9.97. The normalized spacial score (nSPS) is 25.7. The Labute approximate surface area is 156 Å². The van der Waals surface area contributed by atoms with E-state index in [0.29, 0.717) is 6.04 Å². The number of rotatable bonds is 8. The highest BCUT2D eigenvalue weighted by atomic mass is 15.1. The molecule has 0 aromatic carbocycles. The van der Waals surface area contributed by atoms with Gasteiger partial charge in [-0.05, 0) is 43.9 Å². The first-order valence-corrected chi connectivity index (χ1v) is 9.56. The number of nitrogens with zero attached hydrogens (tertiary/aromatic N) is 1. The zero-order valence-corrected chi connectivity index (χ0v) is 15.9. The van der Waals surface area contributed by atoms with E-state index in [0.717, 1.165) is 37.1 Å². The van der Waals surface area contributed by atoms with Crippen LogP contribution in [0, 0.1) is 5.41 Å². The Kier molecular flexibility index (Phi) is 6.29. The molecule has 6 N–H and O–H groups in total. The third-order valence-electron chi connectivity index (χ3n) is 5.28. The van der Waals surface area contributed by atoms with Crippen LogP contribution < -0.4 is 21.7 Å². The molecule has 0 amide bonds. The van der Waals surface area contributed by atoms with Gasteiger partial charge in [0.05, 0.1) is 6.17 Å². The molecule has 3 rings (SSSR count). The molecule has 1 heterocycles. The fourth-order valence-electron chi connectivity index (χ4n) is 3.46. The van der Waals surface area contributed by atoms with Crippen molar-refractivity contribution in [1.82, 2.24) is 20.9 Å². The highest BCUT2D eigenvalue weighted by Gasteiger charge is 2.23. The van der Waals surface area contributed by atoms with E-state index in [2.05, 4.69) is 46.1 Å². The summed E-state index contributed by atoms with van der Waals surface area (Å²) in [7, 11) is 4.11. The Morgan fingerprint density at radius 2 is 2.23 bits per heavy atom. The van der Waals surface area contributed by atoms with Gasteiger partial charge in [0, 0.05) is 55.9 Å². The van der Waals surface area contributed by atoms with Gasteiger partial charge in [-0.3, -0.25) is 5.32 Å². The second-order valence-corrected chi connectivity index (χ2v) is 7.43. The first-order valence-electron chi connectivity index (χ1n) is 9.56. The zero-order valence-electron chi connectivity index (χ0n) is 15.9. The van der Waals surface area contributed by atoms with Crippen molar-refractivity contribution in [2.24, 2.45) is 5.73 Å². The summed E-state index contributed by atoms with van der Waals surface area (Å²) < 4.78 is 0. The summed E-state index contributed by atoms with van der Waals surface area (Å²) in [6.07, 6.45) is 14.1. The second kappa shape index (κ2) is 8.66. The fraction of sp³-hybridized carbons (Fsp3) is 0.550. The van der Waals surface area contributed by atoms with Gasteiger partial charge in [-0.1, -0.05) is 18.2 Å². The first kappa shape index (κ1) is 18.9. The largest absolute Gasteiger partial charge is 0.391 e. The molecule has 0 saturated heterocycles. The molecular weight excluding hydrogens is 324 g/mol. The van der Waals surface area contributed by atoms with Crippen LogP contribution in [0.2, 0.25) is 0 Å². The quantitative estimate of drug-likeness (QED) is 0.333. The van der Waals surface area contributed by atoms with E-state index in [9.17, 15) is 0 Å². The number of hydrogen-bond acceptors (Lipinski definition) is 6. The van der Waals surface area contributed by atoms with Crippen LogP contribution in [0.4, 0.5) is 0 Å². The SMILES string of the molecule is CNC1=C(C(N)NC2C=CC(/C(C=N)=C/NC3CC3)=CC2)CN(C)CC1. The molecule has 1 fully saturated rings. The van der Waals surface area contributed by atoms with Gasteiger partial charge in [0.25, 0.3) is 0 Å². The van der Waals surface area contributed by atoms with Gasteiger partial charge in [-0.25, -0.2) is 0 Å². The number of allylic oxidation sites excluding steroid dienone is 3. The van der Waals surface area contributed by atoms with Gasteiger partial charge < -0.3 is 26.7 Å². The van der Waals surface area contributed by atoms with Crippen molar-refractivity contribution in [3.05, 3.63) is 46.8 Å². The molecule has 0 bridgehead atoms. The highest BCUT2D eigenvalue weighted by Crippen LogP contribution is 2.22. The van der Waals surface area contributed by atoms with E-state index >= 15 is 0 Å². The number of likely N-dealkylation sites (N-methyl/N-ethyl adjacent to an activating group) is 1. The van der Waals surface area contributed by atoms with Gasteiger partial charge in [-0.15, -0.1) is 0 Å². The minimum absolute atomic E-state index is 0.154. The van der Waals surface area contributed by atoms with Gasteiger partial charge in [0.2, 0.25) is 0 Å². The van der Waals surface area contributed by atoms with Crippen molar-refractivity contribution in [3.63, 3.8) is 0 Å². The summed E-state index contributed by atoms with van der Waals surface area (Å²) in [6, 6.07) is 0.823. The molecule has 2 unspecified atom stereocenters. The molecule has 0 spiro atoms. The standard InChI is InChI=1S/C20H32N6/c1-23-19-9-10-26(2)13-18(19)20(22)25-17-5-3-14(4-6-17)15(11-21)12-24-16-7-8-16/h3-5,11-12,16-17,20-21,23-25H,6-10,13,22H2,1-2H3/b15-12+,21-11?. The average Bonchev–Trinajstić information content (AvgIpc) is 3.48. The van der Waals surface area contributed by atoms with Crippen molar-refractivity contribution in [2.75, 3.05) is 27.2 Å². The Morgan fingerprint density at radius 3 is 2.85 bits per heavy atom. The van der Waals surface area contributed by atoms with E-state index in [1.165, 1.54) is 30.3 Å². The summed E-state index contributed by atoms with van der Waals surface area (Å²) in [4.78, 5) is 2.31. The Hall–Kier alpha value is -1.89. The third-order valence-corrected chi connectivity index (χ3v) is 5.28. The summed E-state index contributed by atoms with van der Waals surface area (Å²) >= 11 is 0. The van der Waals surface area contributed by atoms with Crippen molar-refractivity contribution in [2.45, 2.75) is 43.9 Å². The molecule has 2 aliphatic carbocycles. The second-order valence-electron chi connectivity index (χ2n) is 7.43. The van der Waals surface area contributed by atoms with Crippen molar-refractivity contribution >= 4 is 6.21 Å². The molecule has 26 heavy (non-hydrogen) atoms. The molecule has 0 aromatic rings. The maximum Gasteiger partial charge on any atom is 0.0806 e. The summed E-state index contributed by atoms with van der Waals surface area (Å²) in [5, 5.41) is 17.9. The Morgan fingerprint density at radius 1 is 1.42 bits per heavy atom. The van der Waals surface area contributed by atoms with Crippen LogP contribution in [0.25, 0.3) is 0 Å². The Balaban J connectivity index is 1.58. The molecule has 1 saturated carbocycles. The highest BCUT2D eigenvalue weighted by molar-refractivity contribution is 5.83. The minimum atomic E-state index is -0.154. The van der Waals surface area contributed by atoms with Crippen LogP contribution in [0.5, 0.6) is 0 Å². The predicted molar refractivity (Wildman–Crippen MR) is 108 cm³/mol. The van der Waals surface area contributed by atoms with Crippen LogP contribution in [0.15, 0.2) is 46.8 Å². The summed E-state index contributed by atoms with van der Waals surface area (Å²) in [5.74, 6) is 0. The summed E-state index contributed by atoms with van der Waals surface area (Å²) in [5.41, 5.74) is 11.0. The predicted octanol–water partition coefficient (Wildman–Crippen LogP) is 1.21. The average molecular weight is 357 g/mol. The van der Waals surface area contributed by atoms with Crippen LogP contribution in [0.1, 0.15) is 25.7 Å². The molecule has 3 aliphatic rings. The van der Waals surface area contributed by atoms with Gasteiger partial charge in [0.15, 0.2) is 0 Å². The number of nitrogens with one attached hydrogen (secondary N) is 4. The van der Waals surface area contributed by atoms with Crippen LogP contribution in [-0.2, 0) is 0 Å². The lowest BCUT2D eigenvalue weighted by Crippen LogP contribution is -2.49. The Bertz CT molecular complexity index is 641. The maximum atomic E-state index is 7.66. The monoisotopic (exact) mass is 356 g/mol. The smallest absolute Gasteiger partial charge is 0.0806 e. The van der Waals surface area contributed by atoms with E-state index in [1.54, 1.807) is 0 Å². The van der Waals surface area contributed by atoms with E-state index < -0.39 is 0 Å². The number of nitrogens with two attached hydrogens (primary N) is 1. The van der Waals surface area contributed by atoms with E-state index in [1.807, 2.05) is 13.2 Å². The molecule has 6 heteroatoms. The van der Waals surface area contributed by atoms with Crippen LogP contribution in [0.3, 0.4) is 0 Å². The van der Waals surface area contributed by atoms with Crippen molar-refractivity contribution in [1.29, 1.82) is 5.41 Å². The van der Waals surface area contributed by atoms with Crippen LogP contribution in [-0.4, -0.2) is 56.5 Å². The van der Waals surface area contributed by atoms with Crippen molar-refractivity contribution < 1.29 is 0 Å². The lowest BCUT2D eigenvalue weighted by Gasteiger charge is -2.32. The van der Waals surface area contributed by atoms with Gasteiger partial charge in [0.1, 0.15) is 0 Å². The molecule has 6 nitrogen and oxygen atoms in total. The lowest BCUT2D eigenvalue weighted by molar-refractivity contribution is 0.324. The molecule has 1 aliphatic heterocycles. The summed E-state index contributed by atoms with van der Waals surface area (Å²) in [6.45, 7) is 1.96. The van der Waals surface area contributed by atoms with Gasteiger partial charge in [-0.2, -0.15) is 0 Å². The molecule has 142 valence electrons.